The molecular formula is C28H30N4O4. The summed E-state index contributed by atoms with van der Waals surface area (Å²) in [6, 6.07) is 12.8. The highest BCUT2D eigenvalue weighted by Gasteiger charge is 2.50. The standard InChI is InChI=1S/C28H30N4O4/c1-36-26-23(25(30)33)22-20(6-5-7-21(22)31-26)28(11-3-2-4-12-28)24(27(34)35)32-13-10-18-9-8-17(15-29)14-19(18)16-32/h5-9,14,24,31H,2-4,10-13,16H2,1H3,(H2,30,33)(H,34,35). The van der Waals surface area contributed by atoms with Crippen molar-refractivity contribution in [2.45, 2.75) is 56.5 Å². The molecular weight excluding hydrogens is 456 g/mol. The fourth-order valence-electron chi connectivity index (χ4n) is 6.51. The lowest BCUT2D eigenvalue weighted by molar-refractivity contribution is -0.148. The fourth-order valence-corrected chi connectivity index (χ4v) is 6.51. The molecule has 1 amide bonds. The van der Waals surface area contributed by atoms with Gasteiger partial charge in [-0.1, -0.05) is 37.5 Å². The second kappa shape index (κ2) is 9.32. The van der Waals surface area contributed by atoms with Gasteiger partial charge in [-0.2, -0.15) is 5.26 Å². The number of primary amides is 1. The summed E-state index contributed by atoms with van der Waals surface area (Å²) >= 11 is 0. The van der Waals surface area contributed by atoms with Crippen LogP contribution in [0.1, 0.15) is 64.7 Å². The predicted octanol–water partition coefficient (Wildman–Crippen LogP) is 3.86. The minimum Gasteiger partial charge on any atom is -0.482 e. The predicted molar refractivity (Wildman–Crippen MR) is 135 cm³/mol. The minimum absolute atomic E-state index is 0.264. The highest BCUT2D eigenvalue weighted by Crippen LogP contribution is 2.48. The molecule has 1 aromatic heterocycles. The van der Waals surface area contributed by atoms with E-state index in [0.29, 0.717) is 48.3 Å². The van der Waals surface area contributed by atoms with Crippen LogP contribution >= 0.6 is 0 Å². The number of amides is 1. The summed E-state index contributed by atoms with van der Waals surface area (Å²) in [6.07, 6.45) is 4.94. The van der Waals surface area contributed by atoms with Crippen LogP contribution in [0.15, 0.2) is 36.4 Å². The summed E-state index contributed by atoms with van der Waals surface area (Å²) < 4.78 is 5.44. The van der Waals surface area contributed by atoms with Crippen LogP contribution in [0.4, 0.5) is 0 Å². The molecule has 2 aromatic carbocycles. The van der Waals surface area contributed by atoms with Crippen LogP contribution in [0.5, 0.6) is 5.88 Å². The van der Waals surface area contributed by atoms with Gasteiger partial charge in [0.25, 0.3) is 5.91 Å². The highest BCUT2D eigenvalue weighted by molar-refractivity contribution is 6.10. The Morgan fingerprint density at radius 3 is 2.64 bits per heavy atom. The molecule has 2 heterocycles. The molecule has 4 N–H and O–H groups in total. The normalized spacial score (nSPS) is 18.2. The largest absolute Gasteiger partial charge is 0.482 e. The minimum atomic E-state index is -0.878. The van der Waals surface area contributed by atoms with Crippen LogP contribution in [0.2, 0.25) is 0 Å². The van der Waals surface area contributed by atoms with Gasteiger partial charge in [0.1, 0.15) is 11.6 Å². The first-order valence-electron chi connectivity index (χ1n) is 12.4. The summed E-state index contributed by atoms with van der Waals surface area (Å²) in [4.78, 5) is 30.9. The van der Waals surface area contributed by atoms with Crippen LogP contribution in [0.25, 0.3) is 10.9 Å². The molecule has 0 bridgehead atoms. The van der Waals surface area contributed by atoms with E-state index < -0.39 is 23.3 Å². The van der Waals surface area contributed by atoms with E-state index in [1.54, 1.807) is 0 Å². The molecule has 8 nitrogen and oxygen atoms in total. The lowest BCUT2D eigenvalue weighted by Gasteiger charge is -2.48. The zero-order valence-corrected chi connectivity index (χ0v) is 20.3. The van der Waals surface area contributed by atoms with Crippen molar-refractivity contribution in [2.24, 2.45) is 5.73 Å². The molecule has 0 radical (unpaired) electrons. The van der Waals surface area contributed by atoms with Crippen molar-refractivity contribution in [1.29, 1.82) is 5.26 Å². The van der Waals surface area contributed by atoms with Gasteiger partial charge < -0.3 is 20.6 Å². The number of aromatic amines is 1. The Morgan fingerprint density at radius 2 is 1.97 bits per heavy atom. The van der Waals surface area contributed by atoms with Crippen molar-refractivity contribution in [3.8, 4) is 11.9 Å². The molecule has 5 rings (SSSR count). The smallest absolute Gasteiger partial charge is 0.321 e. The van der Waals surface area contributed by atoms with E-state index >= 15 is 0 Å². The van der Waals surface area contributed by atoms with E-state index in [1.165, 1.54) is 7.11 Å². The van der Waals surface area contributed by atoms with Crippen molar-refractivity contribution in [2.75, 3.05) is 13.7 Å². The molecule has 1 aliphatic carbocycles. The highest BCUT2D eigenvalue weighted by atomic mass is 16.5. The van der Waals surface area contributed by atoms with Crippen molar-refractivity contribution in [3.63, 3.8) is 0 Å². The van der Waals surface area contributed by atoms with E-state index in [9.17, 15) is 20.0 Å². The third-order valence-corrected chi connectivity index (χ3v) is 8.02. The number of carbonyl (C=O) groups excluding carboxylic acids is 1. The van der Waals surface area contributed by atoms with E-state index in [0.717, 1.165) is 42.4 Å². The number of nitriles is 1. The number of hydrogen-bond acceptors (Lipinski definition) is 5. The number of aromatic nitrogens is 1. The third-order valence-electron chi connectivity index (χ3n) is 8.02. The van der Waals surface area contributed by atoms with Crippen LogP contribution in [-0.2, 0) is 23.2 Å². The molecule has 186 valence electrons. The van der Waals surface area contributed by atoms with Crippen molar-refractivity contribution in [3.05, 3.63) is 64.2 Å². The third kappa shape index (κ3) is 3.80. The number of aliphatic carboxylic acids is 1. The van der Waals surface area contributed by atoms with Gasteiger partial charge in [-0.3, -0.25) is 14.5 Å². The molecule has 3 aromatic rings. The number of carboxylic acids is 1. The Hall–Kier alpha value is -3.83. The first-order chi connectivity index (χ1) is 17.4. The van der Waals surface area contributed by atoms with Gasteiger partial charge in [0, 0.05) is 29.4 Å². The van der Waals surface area contributed by atoms with Gasteiger partial charge in [-0.15, -0.1) is 0 Å². The Morgan fingerprint density at radius 1 is 1.19 bits per heavy atom. The Bertz CT molecular complexity index is 1380. The molecule has 2 aliphatic rings. The number of nitrogens with two attached hydrogens (primary N) is 1. The number of rotatable bonds is 6. The van der Waals surface area contributed by atoms with Gasteiger partial charge in [0.15, 0.2) is 0 Å². The first-order valence-corrected chi connectivity index (χ1v) is 12.4. The number of H-pyrrole nitrogens is 1. The Kier molecular flexibility index (Phi) is 6.19. The number of carbonyl (C=O) groups is 2. The van der Waals surface area contributed by atoms with Gasteiger partial charge in [-0.25, -0.2) is 0 Å². The molecule has 1 aliphatic heterocycles. The summed E-state index contributed by atoms with van der Waals surface area (Å²) in [6.45, 7) is 1.06. The van der Waals surface area contributed by atoms with Gasteiger partial charge in [0.2, 0.25) is 5.88 Å². The molecule has 8 heteroatoms. The quantitative estimate of drug-likeness (QED) is 0.485. The molecule has 1 fully saturated rings. The van der Waals surface area contributed by atoms with E-state index in [1.807, 2.05) is 41.3 Å². The van der Waals surface area contributed by atoms with Crippen molar-refractivity contribution < 1.29 is 19.4 Å². The average Bonchev–Trinajstić information content (AvgIpc) is 3.28. The van der Waals surface area contributed by atoms with Crippen LogP contribution < -0.4 is 10.5 Å². The van der Waals surface area contributed by atoms with E-state index in [-0.39, 0.29) is 5.56 Å². The van der Waals surface area contributed by atoms with E-state index in [2.05, 4.69) is 11.1 Å². The summed E-state index contributed by atoms with van der Waals surface area (Å²) in [5.74, 6) is -1.20. The number of methoxy groups -OCH3 is 1. The molecule has 1 saturated carbocycles. The van der Waals surface area contributed by atoms with Crippen LogP contribution in [-0.4, -0.2) is 46.6 Å². The molecule has 1 unspecified atom stereocenters. The van der Waals surface area contributed by atoms with Crippen molar-refractivity contribution >= 4 is 22.8 Å². The molecule has 0 saturated heterocycles. The maximum Gasteiger partial charge on any atom is 0.321 e. The second-order valence-electron chi connectivity index (χ2n) is 9.90. The summed E-state index contributed by atoms with van der Waals surface area (Å²) in [5.41, 5.74) is 9.61. The maximum absolute atomic E-state index is 13.1. The SMILES string of the molecule is COc1[nH]c2cccc(C3(C(C(=O)O)N4CCc5ccc(C#N)cc5C4)CCCCC3)c2c1C(N)=O. The Labute approximate surface area is 209 Å². The number of hydrogen-bond donors (Lipinski definition) is 3. The fraction of sp³-hybridized carbons (Fsp3) is 0.393. The second-order valence-corrected chi connectivity index (χ2v) is 9.90. The number of carboxylic acid groups (broad SMARTS) is 1. The Balaban J connectivity index is 1.69. The van der Waals surface area contributed by atoms with E-state index in [4.69, 9.17) is 10.5 Å². The topological polar surface area (TPSA) is 132 Å². The lowest BCUT2D eigenvalue weighted by atomic mass is 9.63. The number of nitrogens with zero attached hydrogens (tertiary/aromatic N) is 2. The van der Waals surface area contributed by atoms with Crippen LogP contribution in [0, 0.1) is 11.3 Å². The first kappa shape index (κ1) is 23.9. The monoisotopic (exact) mass is 486 g/mol. The number of fused-ring (bicyclic) bond motifs is 2. The van der Waals surface area contributed by atoms with Crippen LogP contribution in [0.3, 0.4) is 0 Å². The molecule has 1 atom stereocenters. The zero-order chi connectivity index (χ0) is 25.4. The summed E-state index contributed by atoms with van der Waals surface area (Å²) in [5, 5.41) is 20.8. The van der Waals surface area contributed by atoms with Gasteiger partial charge in [-0.05, 0) is 54.2 Å². The van der Waals surface area contributed by atoms with Gasteiger partial charge >= 0.3 is 5.97 Å². The lowest BCUT2D eigenvalue weighted by Crippen LogP contribution is -2.57. The zero-order valence-electron chi connectivity index (χ0n) is 20.3. The summed E-state index contributed by atoms with van der Waals surface area (Å²) in [7, 11) is 1.48. The number of nitrogens with one attached hydrogen (secondary N) is 1. The number of benzene rings is 2. The average molecular weight is 487 g/mol. The maximum atomic E-state index is 13.1. The van der Waals surface area contributed by atoms with Crippen molar-refractivity contribution in [1.82, 2.24) is 9.88 Å². The molecule has 0 spiro atoms. The van der Waals surface area contributed by atoms with Gasteiger partial charge in [0.05, 0.1) is 18.7 Å². The number of ether oxygens (including phenoxy) is 1. The molecule has 36 heavy (non-hydrogen) atoms.